The van der Waals surface area contributed by atoms with E-state index in [1.165, 1.54) is 4.57 Å². The average Bonchev–Trinajstić information content (AvgIpc) is 3.06. The first-order valence-electron chi connectivity index (χ1n) is 6.99. The zero-order chi connectivity index (χ0) is 16.6. The lowest BCUT2D eigenvalue weighted by Crippen LogP contribution is -2.12. The standard InChI is InChI=1S/C15H16N4O3S/c1-10-13(11(2)22-18-10)9-23(20,21)15-17-16-14(19(15)3)12-7-5-4-6-8-12/h4-8H,9H2,1-3H3. The zero-order valence-corrected chi connectivity index (χ0v) is 13.8. The average molecular weight is 332 g/mol. The van der Waals surface area contributed by atoms with Crippen molar-refractivity contribution in [3.05, 3.63) is 47.3 Å². The van der Waals surface area contributed by atoms with Crippen molar-refractivity contribution in [2.75, 3.05) is 0 Å². The molecule has 0 unspecified atom stereocenters. The fourth-order valence-corrected chi connectivity index (χ4v) is 3.98. The van der Waals surface area contributed by atoms with Gasteiger partial charge in [-0.1, -0.05) is 35.5 Å². The van der Waals surface area contributed by atoms with Crippen LogP contribution < -0.4 is 0 Å². The van der Waals surface area contributed by atoms with Gasteiger partial charge in [-0.15, -0.1) is 10.2 Å². The van der Waals surface area contributed by atoms with Crippen LogP contribution in [0.15, 0.2) is 40.0 Å². The molecule has 0 bridgehead atoms. The Bertz CT molecular complexity index is 923. The van der Waals surface area contributed by atoms with Crippen molar-refractivity contribution in [3.63, 3.8) is 0 Å². The van der Waals surface area contributed by atoms with Crippen LogP contribution in [0.1, 0.15) is 17.0 Å². The Hall–Kier alpha value is -2.48. The maximum atomic E-state index is 12.7. The third-order valence-electron chi connectivity index (χ3n) is 3.66. The molecular formula is C15H16N4O3S. The smallest absolute Gasteiger partial charge is 0.250 e. The molecule has 7 nitrogen and oxygen atoms in total. The molecule has 0 saturated carbocycles. The minimum absolute atomic E-state index is 0.0728. The zero-order valence-electron chi connectivity index (χ0n) is 13.0. The van der Waals surface area contributed by atoms with E-state index < -0.39 is 9.84 Å². The van der Waals surface area contributed by atoms with Crippen molar-refractivity contribution >= 4 is 9.84 Å². The summed E-state index contributed by atoms with van der Waals surface area (Å²) >= 11 is 0. The van der Waals surface area contributed by atoms with E-state index in [2.05, 4.69) is 15.4 Å². The lowest BCUT2D eigenvalue weighted by molar-refractivity contribution is 0.392. The second-order valence-corrected chi connectivity index (χ2v) is 7.18. The van der Waals surface area contributed by atoms with Gasteiger partial charge in [-0.3, -0.25) is 0 Å². The molecule has 2 aromatic heterocycles. The van der Waals surface area contributed by atoms with Gasteiger partial charge in [0.25, 0.3) is 0 Å². The topological polar surface area (TPSA) is 90.9 Å². The maximum absolute atomic E-state index is 12.7. The molecule has 0 saturated heterocycles. The van der Waals surface area contributed by atoms with Gasteiger partial charge in [0.15, 0.2) is 5.82 Å². The van der Waals surface area contributed by atoms with Crippen LogP contribution in [0.4, 0.5) is 0 Å². The molecule has 1 aromatic carbocycles. The Morgan fingerprint density at radius 3 is 2.43 bits per heavy atom. The molecule has 0 aliphatic rings. The molecule has 0 amide bonds. The predicted molar refractivity (Wildman–Crippen MR) is 83.3 cm³/mol. The van der Waals surface area contributed by atoms with Gasteiger partial charge in [0.05, 0.1) is 11.4 Å². The molecule has 23 heavy (non-hydrogen) atoms. The van der Waals surface area contributed by atoms with Crippen LogP contribution in [0, 0.1) is 13.8 Å². The molecule has 3 rings (SSSR count). The third kappa shape index (κ3) is 2.77. The Morgan fingerprint density at radius 1 is 1.13 bits per heavy atom. The van der Waals surface area contributed by atoms with Crippen molar-refractivity contribution < 1.29 is 12.9 Å². The van der Waals surface area contributed by atoms with Crippen LogP contribution in [-0.4, -0.2) is 28.3 Å². The molecule has 0 aliphatic heterocycles. The molecule has 0 N–H and O–H groups in total. The van der Waals surface area contributed by atoms with Gasteiger partial charge in [-0.25, -0.2) is 8.42 Å². The Kier molecular flexibility index (Phi) is 3.77. The number of nitrogens with zero attached hydrogens (tertiary/aromatic N) is 4. The van der Waals surface area contributed by atoms with E-state index in [-0.39, 0.29) is 10.9 Å². The largest absolute Gasteiger partial charge is 0.361 e. The number of hydrogen-bond acceptors (Lipinski definition) is 6. The quantitative estimate of drug-likeness (QED) is 0.726. The molecule has 0 radical (unpaired) electrons. The molecule has 0 atom stereocenters. The first-order chi connectivity index (χ1) is 10.9. The molecule has 0 fully saturated rings. The minimum atomic E-state index is -3.66. The van der Waals surface area contributed by atoms with Gasteiger partial charge in [0, 0.05) is 18.2 Å². The molecule has 2 heterocycles. The van der Waals surface area contributed by atoms with Crippen molar-refractivity contribution in [2.45, 2.75) is 24.8 Å². The molecule has 120 valence electrons. The number of hydrogen-bond donors (Lipinski definition) is 0. The first-order valence-corrected chi connectivity index (χ1v) is 8.64. The van der Waals surface area contributed by atoms with Gasteiger partial charge >= 0.3 is 0 Å². The van der Waals surface area contributed by atoms with Crippen molar-refractivity contribution in [1.29, 1.82) is 0 Å². The highest BCUT2D eigenvalue weighted by Crippen LogP contribution is 2.23. The molecular weight excluding hydrogens is 316 g/mol. The summed E-state index contributed by atoms with van der Waals surface area (Å²) in [5.74, 6) is 0.786. The Morgan fingerprint density at radius 2 is 1.83 bits per heavy atom. The Labute approximate surface area is 133 Å². The summed E-state index contributed by atoms with van der Waals surface area (Å²) in [6, 6.07) is 9.32. The number of aryl methyl sites for hydroxylation is 2. The summed E-state index contributed by atoms with van der Waals surface area (Å²) in [4.78, 5) is 0. The summed E-state index contributed by atoms with van der Waals surface area (Å²) in [6.45, 7) is 3.41. The monoisotopic (exact) mass is 332 g/mol. The number of sulfone groups is 1. The van der Waals surface area contributed by atoms with Crippen molar-refractivity contribution in [2.24, 2.45) is 7.05 Å². The SMILES string of the molecule is Cc1noc(C)c1CS(=O)(=O)c1nnc(-c2ccccc2)n1C. The summed E-state index contributed by atoms with van der Waals surface area (Å²) < 4.78 is 31.9. The van der Waals surface area contributed by atoms with E-state index >= 15 is 0 Å². The number of benzene rings is 1. The summed E-state index contributed by atoms with van der Waals surface area (Å²) in [6.07, 6.45) is 0. The van der Waals surface area contributed by atoms with Crippen LogP contribution in [0.5, 0.6) is 0 Å². The lowest BCUT2D eigenvalue weighted by Gasteiger charge is -2.05. The Balaban J connectivity index is 2.00. The molecule has 8 heteroatoms. The van der Waals surface area contributed by atoms with Crippen LogP contribution in [0.2, 0.25) is 0 Å². The third-order valence-corrected chi connectivity index (χ3v) is 5.24. The summed E-state index contributed by atoms with van der Waals surface area (Å²) in [5.41, 5.74) is 1.94. The van der Waals surface area contributed by atoms with Crippen LogP contribution in [-0.2, 0) is 22.6 Å². The minimum Gasteiger partial charge on any atom is -0.361 e. The summed E-state index contributed by atoms with van der Waals surface area (Å²) in [5, 5.41) is 11.6. The van der Waals surface area contributed by atoms with Crippen LogP contribution in [0.3, 0.4) is 0 Å². The second kappa shape index (κ2) is 5.62. The molecule has 0 aliphatic carbocycles. The normalized spacial score (nSPS) is 11.8. The number of rotatable bonds is 4. The van der Waals surface area contributed by atoms with E-state index in [0.29, 0.717) is 22.8 Å². The van der Waals surface area contributed by atoms with Crippen molar-refractivity contribution in [3.8, 4) is 11.4 Å². The van der Waals surface area contributed by atoms with Gasteiger partial charge in [0.2, 0.25) is 15.0 Å². The first kappa shape index (κ1) is 15.4. The van der Waals surface area contributed by atoms with E-state index in [1.807, 2.05) is 30.3 Å². The van der Waals surface area contributed by atoms with Crippen LogP contribution in [0.25, 0.3) is 11.4 Å². The van der Waals surface area contributed by atoms with Gasteiger partial charge in [0.1, 0.15) is 5.76 Å². The maximum Gasteiger partial charge on any atom is 0.250 e. The predicted octanol–water partition coefficient (Wildman–Crippen LogP) is 2.06. The molecule has 3 aromatic rings. The van der Waals surface area contributed by atoms with Gasteiger partial charge in [-0.2, -0.15) is 0 Å². The fourth-order valence-electron chi connectivity index (χ4n) is 2.39. The van der Waals surface area contributed by atoms with Gasteiger partial charge in [-0.05, 0) is 13.8 Å². The highest BCUT2D eigenvalue weighted by atomic mass is 32.2. The van der Waals surface area contributed by atoms with E-state index in [1.54, 1.807) is 20.9 Å². The van der Waals surface area contributed by atoms with E-state index in [9.17, 15) is 8.42 Å². The highest BCUT2D eigenvalue weighted by molar-refractivity contribution is 7.90. The van der Waals surface area contributed by atoms with Gasteiger partial charge < -0.3 is 9.09 Å². The van der Waals surface area contributed by atoms with Crippen molar-refractivity contribution in [1.82, 2.24) is 19.9 Å². The van der Waals surface area contributed by atoms with E-state index in [0.717, 1.165) is 5.56 Å². The highest BCUT2D eigenvalue weighted by Gasteiger charge is 2.26. The fraction of sp³-hybridized carbons (Fsp3) is 0.267. The molecule has 0 spiro atoms. The van der Waals surface area contributed by atoms with E-state index in [4.69, 9.17) is 4.52 Å². The number of aromatic nitrogens is 4. The second-order valence-electron chi connectivity index (χ2n) is 5.29. The lowest BCUT2D eigenvalue weighted by atomic mass is 10.2. The van der Waals surface area contributed by atoms with Crippen LogP contribution >= 0.6 is 0 Å². The summed E-state index contributed by atoms with van der Waals surface area (Å²) in [7, 11) is -2.02.